The molecule has 0 aromatic heterocycles. The molecule has 33 heavy (non-hydrogen) atoms. The van der Waals surface area contributed by atoms with Gasteiger partial charge >= 0.3 is 12.1 Å². The molecule has 11 nitrogen and oxygen atoms in total. The fourth-order valence-corrected chi connectivity index (χ4v) is 2.88. The highest BCUT2D eigenvalue weighted by Gasteiger charge is 2.36. The Morgan fingerprint density at radius 3 is 2.36 bits per heavy atom. The van der Waals surface area contributed by atoms with E-state index in [1.165, 1.54) is 0 Å². The average molecular weight is 463 g/mol. The van der Waals surface area contributed by atoms with Crippen LogP contribution in [0.3, 0.4) is 0 Å². The van der Waals surface area contributed by atoms with Gasteiger partial charge in [0.15, 0.2) is 0 Å². The number of carbonyl (C=O) groups is 4. The van der Waals surface area contributed by atoms with Crippen LogP contribution < -0.4 is 10.6 Å². The molecule has 0 aliphatic rings. The van der Waals surface area contributed by atoms with Gasteiger partial charge in [-0.15, -0.1) is 0 Å². The molecule has 0 aliphatic carbocycles. The molecule has 0 bridgehead atoms. The first kappa shape index (κ1) is 27.4. The van der Waals surface area contributed by atoms with Gasteiger partial charge in [0.2, 0.25) is 11.8 Å². The van der Waals surface area contributed by atoms with Crippen molar-refractivity contribution in [3.05, 3.63) is 35.4 Å². The molecule has 0 saturated carbocycles. The Bertz CT molecular complexity index is 905. The minimum atomic E-state index is -1.48. The van der Waals surface area contributed by atoms with Gasteiger partial charge in [-0.1, -0.05) is 24.3 Å². The van der Waals surface area contributed by atoms with E-state index in [9.17, 15) is 29.5 Å². The average Bonchev–Trinajstić information content (AvgIpc) is 2.74. The number of hydrogen-bond donors (Lipinski definition) is 3. The number of nitriles is 1. The molecule has 0 spiro atoms. The van der Waals surface area contributed by atoms with Gasteiger partial charge in [-0.05, 0) is 38.8 Å². The van der Waals surface area contributed by atoms with Crippen molar-refractivity contribution in [1.82, 2.24) is 15.5 Å². The molecule has 0 heterocycles. The molecule has 1 rings (SSSR count). The molecular weight excluding hydrogens is 432 g/mol. The van der Waals surface area contributed by atoms with Crippen LogP contribution in [0.15, 0.2) is 24.3 Å². The van der Waals surface area contributed by atoms with E-state index in [2.05, 4.69) is 15.4 Å². The predicted molar refractivity (Wildman–Crippen MR) is 117 cm³/mol. The van der Waals surface area contributed by atoms with Gasteiger partial charge in [-0.2, -0.15) is 5.26 Å². The van der Waals surface area contributed by atoms with Crippen molar-refractivity contribution in [2.45, 2.75) is 45.4 Å². The number of nitrogens with one attached hydrogen (secondary N) is 2. The van der Waals surface area contributed by atoms with E-state index >= 15 is 0 Å². The number of benzene rings is 1. The summed E-state index contributed by atoms with van der Waals surface area (Å²) in [7, 11) is 1.16. The van der Waals surface area contributed by atoms with Gasteiger partial charge < -0.3 is 30.1 Å². The van der Waals surface area contributed by atoms with E-state index in [1.54, 1.807) is 52.0 Å². The number of hydrogen-bond acceptors (Lipinski definition) is 8. The standard InChI is InChI=1S/C22H30N4O7/c1-14-8-6-7-9-15(14)18(19(29)24-12-17(28)32-5)26(11-10-23)20(30)16(13-27)25-21(31)33-22(2,3)4/h6-9,16,18,27H,11-13H2,1-5H3,(H,24,29)(H,25,31). The Hall–Kier alpha value is -3.65. The van der Waals surface area contributed by atoms with Gasteiger partial charge in [0, 0.05) is 0 Å². The Kier molecular flexibility index (Phi) is 10.3. The van der Waals surface area contributed by atoms with Crippen LogP contribution in [-0.2, 0) is 23.9 Å². The first-order valence-corrected chi connectivity index (χ1v) is 10.1. The van der Waals surface area contributed by atoms with Gasteiger partial charge in [0.1, 0.15) is 30.8 Å². The van der Waals surface area contributed by atoms with Crippen molar-refractivity contribution in [2.24, 2.45) is 0 Å². The highest BCUT2D eigenvalue weighted by molar-refractivity contribution is 5.93. The van der Waals surface area contributed by atoms with Gasteiger partial charge in [-0.25, -0.2) is 4.79 Å². The Balaban J connectivity index is 3.33. The SMILES string of the molecule is COC(=O)CNC(=O)C(c1ccccc1C)N(CC#N)C(=O)C(CO)NC(=O)OC(C)(C)C. The number of alkyl carbamates (subject to hydrolysis) is 1. The number of methoxy groups -OCH3 is 1. The van der Waals surface area contributed by atoms with Crippen molar-refractivity contribution in [3.8, 4) is 6.07 Å². The first-order chi connectivity index (χ1) is 15.4. The van der Waals surface area contributed by atoms with E-state index in [-0.39, 0.29) is 0 Å². The lowest BCUT2D eigenvalue weighted by molar-refractivity contribution is -0.144. The summed E-state index contributed by atoms with van der Waals surface area (Å²) in [6.07, 6.45) is -0.950. The van der Waals surface area contributed by atoms with Crippen LogP contribution >= 0.6 is 0 Å². The van der Waals surface area contributed by atoms with Crippen LogP contribution in [0.1, 0.15) is 37.9 Å². The fourth-order valence-electron chi connectivity index (χ4n) is 2.88. The maximum absolute atomic E-state index is 13.3. The van der Waals surface area contributed by atoms with Crippen molar-refractivity contribution >= 4 is 23.9 Å². The van der Waals surface area contributed by atoms with Crippen LogP contribution in [0.2, 0.25) is 0 Å². The molecule has 1 aromatic rings. The van der Waals surface area contributed by atoms with Crippen molar-refractivity contribution in [1.29, 1.82) is 5.26 Å². The zero-order chi connectivity index (χ0) is 25.2. The number of aryl methyl sites for hydroxylation is 1. The summed E-state index contributed by atoms with van der Waals surface area (Å²) >= 11 is 0. The third kappa shape index (κ3) is 8.42. The third-order valence-electron chi connectivity index (χ3n) is 4.37. The minimum Gasteiger partial charge on any atom is -0.468 e. The molecular formula is C22H30N4O7. The Morgan fingerprint density at radius 2 is 1.85 bits per heavy atom. The lowest BCUT2D eigenvalue weighted by atomic mass is 9.98. The molecule has 0 radical (unpaired) electrons. The van der Waals surface area contributed by atoms with Gasteiger partial charge in [-0.3, -0.25) is 14.4 Å². The van der Waals surface area contributed by atoms with Crippen molar-refractivity contribution in [3.63, 3.8) is 0 Å². The second-order valence-corrected chi connectivity index (χ2v) is 8.06. The molecule has 2 atom stereocenters. The highest BCUT2D eigenvalue weighted by Crippen LogP contribution is 2.25. The number of amides is 3. The van der Waals surface area contributed by atoms with Crippen molar-refractivity contribution in [2.75, 3.05) is 26.8 Å². The van der Waals surface area contributed by atoms with E-state index in [0.717, 1.165) is 12.0 Å². The summed E-state index contributed by atoms with van der Waals surface area (Å²) in [5.41, 5.74) is 0.196. The highest BCUT2D eigenvalue weighted by atomic mass is 16.6. The quantitative estimate of drug-likeness (QED) is 0.355. The smallest absolute Gasteiger partial charge is 0.408 e. The van der Waals surface area contributed by atoms with Crippen LogP contribution in [0.4, 0.5) is 4.79 Å². The maximum Gasteiger partial charge on any atom is 0.408 e. The summed E-state index contributed by atoms with van der Waals surface area (Å²) in [6, 6.07) is 5.73. The molecule has 3 amide bonds. The first-order valence-electron chi connectivity index (χ1n) is 10.1. The molecule has 180 valence electrons. The number of nitrogens with zero attached hydrogens (tertiary/aromatic N) is 2. The zero-order valence-corrected chi connectivity index (χ0v) is 19.4. The molecule has 0 saturated heterocycles. The number of esters is 1. The predicted octanol–water partition coefficient (Wildman–Crippen LogP) is 0.563. The molecule has 2 unspecified atom stereocenters. The Labute approximate surface area is 192 Å². The Morgan fingerprint density at radius 1 is 1.21 bits per heavy atom. The van der Waals surface area contributed by atoms with Gasteiger partial charge in [0.25, 0.3) is 0 Å². The number of rotatable bonds is 9. The fraction of sp³-hybridized carbons (Fsp3) is 0.500. The summed E-state index contributed by atoms with van der Waals surface area (Å²) in [4.78, 5) is 50.9. The van der Waals surface area contributed by atoms with Crippen LogP contribution in [0, 0.1) is 18.3 Å². The monoisotopic (exact) mass is 462 g/mol. The van der Waals surface area contributed by atoms with Crippen molar-refractivity contribution < 1.29 is 33.8 Å². The third-order valence-corrected chi connectivity index (χ3v) is 4.37. The minimum absolute atomic E-state index is 0.400. The topological polar surface area (TPSA) is 158 Å². The number of ether oxygens (including phenoxy) is 2. The molecule has 1 aromatic carbocycles. The van der Waals surface area contributed by atoms with Gasteiger partial charge in [0.05, 0.1) is 19.8 Å². The summed E-state index contributed by atoms with van der Waals surface area (Å²) in [6.45, 7) is 4.82. The summed E-state index contributed by atoms with van der Waals surface area (Å²) in [5, 5.41) is 23.8. The zero-order valence-electron chi connectivity index (χ0n) is 19.4. The second-order valence-electron chi connectivity index (χ2n) is 8.06. The molecule has 0 fully saturated rings. The largest absolute Gasteiger partial charge is 0.468 e. The number of carbonyl (C=O) groups excluding carboxylic acids is 4. The van der Waals surface area contributed by atoms with E-state index < -0.39 is 61.3 Å². The lowest BCUT2D eigenvalue weighted by Crippen LogP contribution is -2.54. The molecule has 11 heteroatoms. The number of aliphatic hydroxyl groups excluding tert-OH is 1. The summed E-state index contributed by atoms with van der Waals surface area (Å²) in [5.74, 6) is -2.33. The van der Waals surface area contributed by atoms with E-state index in [4.69, 9.17) is 4.74 Å². The van der Waals surface area contributed by atoms with Crippen LogP contribution in [-0.4, -0.2) is 72.3 Å². The van der Waals surface area contributed by atoms with Crippen LogP contribution in [0.5, 0.6) is 0 Å². The maximum atomic E-state index is 13.3. The normalized spacial score (nSPS) is 12.5. The number of aliphatic hydroxyl groups is 1. The van der Waals surface area contributed by atoms with E-state index in [1.807, 2.05) is 6.07 Å². The van der Waals surface area contributed by atoms with Crippen LogP contribution in [0.25, 0.3) is 0 Å². The molecule has 3 N–H and O–H groups in total. The van der Waals surface area contributed by atoms with E-state index in [0.29, 0.717) is 11.1 Å². The lowest BCUT2D eigenvalue weighted by Gasteiger charge is -2.33. The summed E-state index contributed by atoms with van der Waals surface area (Å²) < 4.78 is 9.64. The second kappa shape index (κ2) is 12.4. The molecule has 0 aliphatic heterocycles.